The van der Waals surface area contributed by atoms with Gasteiger partial charge in [-0.25, -0.2) is 4.98 Å². The van der Waals surface area contributed by atoms with Crippen molar-refractivity contribution in [1.29, 1.82) is 0 Å². The van der Waals surface area contributed by atoms with Crippen LogP contribution in [0.15, 0.2) is 18.2 Å². The highest BCUT2D eigenvalue weighted by molar-refractivity contribution is 7.17. The van der Waals surface area contributed by atoms with Gasteiger partial charge in [0.05, 0.1) is 15.7 Å². The summed E-state index contributed by atoms with van der Waals surface area (Å²) in [5.74, 6) is -1.16. The summed E-state index contributed by atoms with van der Waals surface area (Å²) in [5, 5.41) is 12.8. The highest BCUT2D eigenvalue weighted by Gasteiger charge is 2.19. The van der Waals surface area contributed by atoms with Crippen molar-refractivity contribution in [1.82, 2.24) is 10.3 Å². The van der Waals surface area contributed by atoms with E-state index < -0.39 is 5.97 Å². The average Bonchev–Trinajstić information content (AvgIpc) is 2.84. The Hall–Kier alpha value is -1.63. The maximum absolute atomic E-state index is 12.2. The van der Waals surface area contributed by atoms with Gasteiger partial charge in [-0.1, -0.05) is 29.3 Å². The van der Waals surface area contributed by atoms with Crippen molar-refractivity contribution in [3.63, 3.8) is 0 Å². The summed E-state index contributed by atoms with van der Waals surface area (Å²) in [7, 11) is 0. The van der Waals surface area contributed by atoms with Gasteiger partial charge in [-0.05, 0) is 25.5 Å². The van der Waals surface area contributed by atoms with Crippen LogP contribution in [0.1, 0.15) is 28.2 Å². The minimum Gasteiger partial charge on any atom is -0.481 e. The van der Waals surface area contributed by atoms with Crippen molar-refractivity contribution in [3.8, 4) is 10.6 Å². The van der Waals surface area contributed by atoms with E-state index >= 15 is 0 Å². The lowest BCUT2D eigenvalue weighted by Gasteiger charge is -2.03. The summed E-state index contributed by atoms with van der Waals surface area (Å²) >= 11 is 13.5. The largest absolute Gasteiger partial charge is 0.481 e. The molecule has 2 N–H and O–H groups in total. The smallest absolute Gasteiger partial charge is 0.303 e. The van der Waals surface area contributed by atoms with E-state index in [1.54, 1.807) is 25.1 Å². The van der Waals surface area contributed by atoms with Crippen molar-refractivity contribution in [2.45, 2.75) is 19.8 Å². The minimum atomic E-state index is -0.885. The molecule has 23 heavy (non-hydrogen) atoms. The van der Waals surface area contributed by atoms with Gasteiger partial charge in [-0.3, -0.25) is 9.59 Å². The fourth-order valence-electron chi connectivity index (χ4n) is 1.94. The Morgan fingerprint density at radius 3 is 2.57 bits per heavy atom. The predicted molar refractivity (Wildman–Crippen MR) is 91.5 cm³/mol. The number of carboxylic acid groups (broad SMARTS) is 1. The van der Waals surface area contributed by atoms with Crippen molar-refractivity contribution in [3.05, 3.63) is 38.8 Å². The quantitative estimate of drug-likeness (QED) is 0.750. The van der Waals surface area contributed by atoms with Crippen LogP contribution in [-0.2, 0) is 4.79 Å². The number of nitrogens with one attached hydrogen (secondary N) is 1. The molecule has 0 saturated carbocycles. The van der Waals surface area contributed by atoms with Gasteiger partial charge in [0.25, 0.3) is 5.91 Å². The van der Waals surface area contributed by atoms with Crippen LogP contribution >= 0.6 is 34.5 Å². The van der Waals surface area contributed by atoms with E-state index in [4.69, 9.17) is 28.3 Å². The number of thiazole rings is 1. The second kappa shape index (κ2) is 7.77. The Bertz CT molecular complexity index is 726. The molecule has 0 atom stereocenters. The fourth-order valence-corrected chi connectivity index (χ4v) is 3.68. The first-order chi connectivity index (χ1) is 10.9. The lowest BCUT2D eigenvalue weighted by Crippen LogP contribution is -2.24. The number of aryl methyl sites for hydroxylation is 1. The van der Waals surface area contributed by atoms with Crippen molar-refractivity contribution >= 4 is 46.4 Å². The van der Waals surface area contributed by atoms with Crippen LogP contribution in [0.3, 0.4) is 0 Å². The summed E-state index contributed by atoms with van der Waals surface area (Å²) in [6.07, 6.45) is 0.393. The van der Waals surface area contributed by atoms with Crippen LogP contribution < -0.4 is 5.32 Å². The summed E-state index contributed by atoms with van der Waals surface area (Å²) in [4.78, 5) is 27.5. The van der Waals surface area contributed by atoms with Gasteiger partial charge in [0.15, 0.2) is 0 Å². The van der Waals surface area contributed by atoms with Gasteiger partial charge in [-0.2, -0.15) is 0 Å². The molecule has 5 nitrogen and oxygen atoms in total. The molecule has 0 radical (unpaired) electrons. The molecule has 1 aromatic heterocycles. The summed E-state index contributed by atoms with van der Waals surface area (Å²) in [6.45, 7) is 2.03. The van der Waals surface area contributed by atoms with Crippen molar-refractivity contribution in [2.24, 2.45) is 0 Å². The van der Waals surface area contributed by atoms with E-state index in [2.05, 4.69) is 10.3 Å². The zero-order valence-corrected chi connectivity index (χ0v) is 14.6. The first-order valence-corrected chi connectivity index (χ1v) is 8.39. The molecule has 1 aromatic carbocycles. The maximum Gasteiger partial charge on any atom is 0.303 e. The molecule has 0 bridgehead atoms. The number of halogens is 2. The zero-order chi connectivity index (χ0) is 17.0. The van der Waals surface area contributed by atoms with Crippen LogP contribution in [-0.4, -0.2) is 28.5 Å². The zero-order valence-electron chi connectivity index (χ0n) is 12.2. The molecule has 0 aliphatic heterocycles. The molecule has 0 aliphatic rings. The highest BCUT2D eigenvalue weighted by Crippen LogP contribution is 2.37. The van der Waals surface area contributed by atoms with Gasteiger partial charge >= 0.3 is 5.97 Å². The topological polar surface area (TPSA) is 79.3 Å². The lowest BCUT2D eigenvalue weighted by atomic mass is 10.2. The van der Waals surface area contributed by atoms with E-state index in [9.17, 15) is 9.59 Å². The first-order valence-electron chi connectivity index (χ1n) is 6.82. The number of nitrogens with zero attached hydrogens (tertiary/aromatic N) is 1. The van der Waals surface area contributed by atoms with Crippen LogP contribution in [0.4, 0.5) is 0 Å². The molecule has 8 heteroatoms. The summed E-state index contributed by atoms with van der Waals surface area (Å²) < 4.78 is 0. The lowest BCUT2D eigenvalue weighted by molar-refractivity contribution is -0.137. The van der Waals surface area contributed by atoms with Gasteiger partial charge in [0, 0.05) is 18.5 Å². The number of carbonyl (C=O) groups is 2. The molecule has 0 aliphatic carbocycles. The molecule has 2 aromatic rings. The predicted octanol–water partition coefficient (Wildman–Crippen LogP) is 4.02. The van der Waals surface area contributed by atoms with E-state index in [0.29, 0.717) is 44.2 Å². The Morgan fingerprint density at radius 1 is 1.30 bits per heavy atom. The van der Waals surface area contributed by atoms with Gasteiger partial charge in [-0.15, -0.1) is 11.3 Å². The Labute approximate surface area is 147 Å². The fraction of sp³-hybridized carbons (Fsp3) is 0.267. The van der Waals surface area contributed by atoms with Crippen LogP contribution in [0.2, 0.25) is 10.0 Å². The Kier molecular flexibility index (Phi) is 5.98. The van der Waals surface area contributed by atoms with E-state index in [1.165, 1.54) is 11.3 Å². The number of aromatic nitrogens is 1. The van der Waals surface area contributed by atoms with Crippen LogP contribution in [0, 0.1) is 6.92 Å². The molecule has 2 rings (SSSR count). The van der Waals surface area contributed by atoms with E-state index in [1.807, 2.05) is 0 Å². The number of carbonyl (C=O) groups excluding carboxylic acids is 1. The normalized spacial score (nSPS) is 10.6. The van der Waals surface area contributed by atoms with Crippen LogP contribution in [0.5, 0.6) is 0 Å². The Morgan fingerprint density at radius 2 is 1.96 bits per heavy atom. The minimum absolute atomic E-state index is 0.0163. The molecule has 122 valence electrons. The molecule has 0 spiro atoms. The van der Waals surface area contributed by atoms with Gasteiger partial charge in [0.2, 0.25) is 0 Å². The molecule has 1 amide bonds. The van der Waals surface area contributed by atoms with Crippen molar-refractivity contribution in [2.75, 3.05) is 6.54 Å². The third kappa shape index (κ3) is 4.43. The molecule has 0 unspecified atom stereocenters. The van der Waals surface area contributed by atoms with Crippen LogP contribution in [0.25, 0.3) is 10.6 Å². The number of amides is 1. The number of benzene rings is 1. The first kappa shape index (κ1) is 17.7. The molecular formula is C15H14Cl2N2O3S. The second-order valence-electron chi connectivity index (χ2n) is 4.78. The summed E-state index contributed by atoms with van der Waals surface area (Å²) in [5.41, 5.74) is 1.19. The number of rotatable bonds is 6. The third-order valence-corrected chi connectivity index (χ3v) is 4.84. The number of carboxylic acids is 1. The standard InChI is InChI=1S/C15H14Cl2N2O3S/c1-8-13(14(22)18-7-3-6-11(20)21)23-15(19-8)12-9(16)4-2-5-10(12)17/h2,4-5H,3,6-7H2,1H3,(H,18,22)(H,20,21). The monoisotopic (exact) mass is 372 g/mol. The second-order valence-corrected chi connectivity index (χ2v) is 6.60. The summed E-state index contributed by atoms with van der Waals surface area (Å²) in [6, 6.07) is 5.17. The maximum atomic E-state index is 12.2. The van der Waals surface area contributed by atoms with Crippen molar-refractivity contribution < 1.29 is 14.7 Å². The molecule has 1 heterocycles. The van der Waals surface area contributed by atoms with E-state index in [0.717, 1.165) is 0 Å². The van der Waals surface area contributed by atoms with Gasteiger partial charge < -0.3 is 10.4 Å². The van der Waals surface area contributed by atoms with Gasteiger partial charge in [0.1, 0.15) is 9.88 Å². The number of hydrogen-bond acceptors (Lipinski definition) is 4. The highest BCUT2D eigenvalue weighted by atomic mass is 35.5. The molecular weight excluding hydrogens is 359 g/mol. The Balaban J connectivity index is 2.15. The van der Waals surface area contributed by atoms with E-state index in [-0.39, 0.29) is 12.3 Å². The SMILES string of the molecule is Cc1nc(-c2c(Cl)cccc2Cl)sc1C(=O)NCCCC(=O)O. The molecule has 0 saturated heterocycles. The number of hydrogen-bond donors (Lipinski definition) is 2. The molecule has 0 fully saturated rings. The third-order valence-electron chi connectivity index (χ3n) is 3.03. The number of aliphatic carboxylic acids is 1. The average molecular weight is 373 g/mol.